The predicted molar refractivity (Wildman–Crippen MR) is 79.2 cm³/mol. The molecule has 0 spiro atoms. The van der Waals surface area contributed by atoms with Gasteiger partial charge in [0.1, 0.15) is 0 Å². The molecule has 2 heteroatoms. The molecule has 2 aromatic rings. The molecule has 1 heterocycles. The van der Waals surface area contributed by atoms with E-state index in [1.165, 1.54) is 16.7 Å². The SMILES string of the molecule is C=C1NC(c2ccccc2)Cc2ccc(Br)cc21. The third-order valence-electron chi connectivity index (χ3n) is 3.37. The van der Waals surface area contributed by atoms with E-state index in [0.29, 0.717) is 6.04 Å². The molecule has 18 heavy (non-hydrogen) atoms. The van der Waals surface area contributed by atoms with Crippen molar-refractivity contribution in [3.05, 3.63) is 76.3 Å². The monoisotopic (exact) mass is 299 g/mol. The Morgan fingerprint density at radius 3 is 2.67 bits per heavy atom. The van der Waals surface area contributed by atoms with Gasteiger partial charge in [-0.3, -0.25) is 0 Å². The molecule has 0 aromatic heterocycles. The van der Waals surface area contributed by atoms with Crippen LogP contribution in [0.4, 0.5) is 0 Å². The van der Waals surface area contributed by atoms with Gasteiger partial charge in [-0.25, -0.2) is 0 Å². The second-order valence-electron chi connectivity index (χ2n) is 4.59. The zero-order chi connectivity index (χ0) is 12.5. The Hall–Kier alpha value is -1.54. The highest BCUT2D eigenvalue weighted by atomic mass is 79.9. The third kappa shape index (κ3) is 2.08. The average Bonchev–Trinajstić information content (AvgIpc) is 2.40. The van der Waals surface area contributed by atoms with E-state index in [1.807, 2.05) is 6.07 Å². The summed E-state index contributed by atoms with van der Waals surface area (Å²) in [6.45, 7) is 4.14. The van der Waals surface area contributed by atoms with Crippen LogP contribution in [0.5, 0.6) is 0 Å². The summed E-state index contributed by atoms with van der Waals surface area (Å²) in [5.41, 5.74) is 4.89. The molecule has 1 N–H and O–H groups in total. The first-order valence-corrected chi connectivity index (χ1v) is 6.82. The zero-order valence-electron chi connectivity index (χ0n) is 9.99. The summed E-state index contributed by atoms with van der Waals surface area (Å²) >= 11 is 3.51. The van der Waals surface area contributed by atoms with Crippen LogP contribution in [0.15, 0.2) is 59.6 Å². The van der Waals surface area contributed by atoms with Crippen LogP contribution in [0.25, 0.3) is 5.70 Å². The van der Waals surface area contributed by atoms with E-state index < -0.39 is 0 Å². The number of hydrogen-bond acceptors (Lipinski definition) is 1. The van der Waals surface area contributed by atoms with E-state index in [9.17, 15) is 0 Å². The van der Waals surface area contributed by atoms with Crippen molar-refractivity contribution in [1.29, 1.82) is 0 Å². The van der Waals surface area contributed by atoms with Crippen molar-refractivity contribution in [2.75, 3.05) is 0 Å². The molecule has 2 aromatic carbocycles. The fourth-order valence-electron chi connectivity index (χ4n) is 2.45. The van der Waals surface area contributed by atoms with Crippen molar-refractivity contribution in [3.8, 4) is 0 Å². The number of nitrogens with one attached hydrogen (secondary N) is 1. The van der Waals surface area contributed by atoms with Gasteiger partial charge in [-0.15, -0.1) is 0 Å². The number of rotatable bonds is 1. The highest BCUT2D eigenvalue weighted by molar-refractivity contribution is 9.10. The first-order valence-electron chi connectivity index (χ1n) is 6.03. The number of fused-ring (bicyclic) bond motifs is 1. The molecule has 1 aliphatic heterocycles. The Morgan fingerprint density at radius 2 is 1.89 bits per heavy atom. The quantitative estimate of drug-likeness (QED) is 0.827. The van der Waals surface area contributed by atoms with Gasteiger partial charge >= 0.3 is 0 Å². The maximum absolute atomic E-state index is 4.14. The molecule has 0 bridgehead atoms. The van der Waals surface area contributed by atoms with Crippen LogP contribution in [-0.2, 0) is 6.42 Å². The minimum atomic E-state index is 0.326. The molecule has 1 nitrogen and oxygen atoms in total. The number of hydrogen-bond donors (Lipinski definition) is 1. The van der Waals surface area contributed by atoms with Gasteiger partial charge in [0, 0.05) is 15.7 Å². The molecule has 0 saturated heterocycles. The normalized spacial score (nSPS) is 18.1. The molecule has 90 valence electrons. The van der Waals surface area contributed by atoms with Crippen molar-refractivity contribution in [2.24, 2.45) is 0 Å². The van der Waals surface area contributed by atoms with Crippen molar-refractivity contribution in [1.82, 2.24) is 5.32 Å². The molecule has 0 aliphatic carbocycles. The van der Waals surface area contributed by atoms with Gasteiger partial charge in [-0.1, -0.05) is 58.9 Å². The van der Waals surface area contributed by atoms with Crippen LogP contribution in [0.2, 0.25) is 0 Å². The summed E-state index contributed by atoms with van der Waals surface area (Å²) in [5.74, 6) is 0. The van der Waals surface area contributed by atoms with E-state index in [4.69, 9.17) is 0 Å². The van der Waals surface area contributed by atoms with Crippen LogP contribution < -0.4 is 5.32 Å². The lowest BCUT2D eigenvalue weighted by Crippen LogP contribution is -2.27. The molecule has 3 rings (SSSR count). The van der Waals surface area contributed by atoms with Crippen molar-refractivity contribution in [3.63, 3.8) is 0 Å². The van der Waals surface area contributed by atoms with Crippen molar-refractivity contribution >= 4 is 21.6 Å². The van der Waals surface area contributed by atoms with Gasteiger partial charge in [0.05, 0.1) is 6.04 Å². The Morgan fingerprint density at radius 1 is 1.11 bits per heavy atom. The minimum absolute atomic E-state index is 0.326. The fourth-order valence-corrected chi connectivity index (χ4v) is 2.81. The predicted octanol–water partition coefficient (Wildman–Crippen LogP) is 4.31. The van der Waals surface area contributed by atoms with Gasteiger partial charge < -0.3 is 5.32 Å². The third-order valence-corrected chi connectivity index (χ3v) is 3.86. The first-order chi connectivity index (χ1) is 8.74. The van der Waals surface area contributed by atoms with Crippen molar-refractivity contribution < 1.29 is 0 Å². The van der Waals surface area contributed by atoms with Gasteiger partial charge in [0.15, 0.2) is 0 Å². The zero-order valence-corrected chi connectivity index (χ0v) is 11.6. The summed E-state index contributed by atoms with van der Waals surface area (Å²) < 4.78 is 1.10. The molecule has 1 aliphatic rings. The Balaban J connectivity index is 1.97. The van der Waals surface area contributed by atoms with E-state index in [-0.39, 0.29) is 0 Å². The van der Waals surface area contributed by atoms with E-state index in [2.05, 4.69) is 70.3 Å². The van der Waals surface area contributed by atoms with Crippen LogP contribution >= 0.6 is 15.9 Å². The highest BCUT2D eigenvalue weighted by Gasteiger charge is 2.21. The molecule has 1 atom stereocenters. The van der Waals surface area contributed by atoms with Crippen LogP contribution in [-0.4, -0.2) is 0 Å². The van der Waals surface area contributed by atoms with Gasteiger partial charge in [-0.05, 0) is 29.7 Å². The molecule has 0 saturated carbocycles. The summed E-state index contributed by atoms with van der Waals surface area (Å²) in [5, 5.41) is 3.50. The van der Waals surface area contributed by atoms with Crippen LogP contribution in [0.1, 0.15) is 22.7 Å². The molecule has 1 unspecified atom stereocenters. The highest BCUT2D eigenvalue weighted by Crippen LogP contribution is 2.32. The second kappa shape index (κ2) is 4.62. The lowest BCUT2D eigenvalue weighted by atomic mass is 9.90. The Kier molecular flexibility index (Phi) is 2.96. The topological polar surface area (TPSA) is 12.0 Å². The molecular formula is C16H14BrN. The maximum atomic E-state index is 4.14. The van der Waals surface area contributed by atoms with Crippen molar-refractivity contribution in [2.45, 2.75) is 12.5 Å². The Labute approximate surface area is 116 Å². The van der Waals surface area contributed by atoms with Gasteiger partial charge in [0.25, 0.3) is 0 Å². The first kappa shape index (κ1) is 11.5. The fraction of sp³-hybridized carbons (Fsp3) is 0.125. The minimum Gasteiger partial charge on any atom is -0.378 e. The summed E-state index contributed by atoms with van der Waals surface area (Å²) in [6, 6.07) is 17.3. The maximum Gasteiger partial charge on any atom is 0.0554 e. The molecule has 0 radical (unpaired) electrons. The molecular weight excluding hydrogens is 286 g/mol. The Bertz CT molecular complexity index is 589. The smallest absolute Gasteiger partial charge is 0.0554 e. The van der Waals surface area contributed by atoms with Gasteiger partial charge in [-0.2, -0.15) is 0 Å². The summed E-state index contributed by atoms with van der Waals surface area (Å²) in [4.78, 5) is 0. The van der Waals surface area contributed by atoms with E-state index in [1.54, 1.807) is 0 Å². The average molecular weight is 300 g/mol. The van der Waals surface area contributed by atoms with E-state index >= 15 is 0 Å². The summed E-state index contributed by atoms with van der Waals surface area (Å²) in [6.07, 6.45) is 1.01. The molecule has 0 fully saturated rings. The lowest BCUT2D eigenvalue weighted by Gasteiger charge is -2.29. The van der Waals surface area contributed by atoms with Gasteiger partial charge in [0.2, 0.25) is 0 Å². The number of benzene rings is 2. The summed E-state index contributed by atoms with van der Waals surface area (Å²) in [7, 11) is 0. The lowest BCUT2D eigenvalue weighted by molar-refractivity contribution is 0.612. The second-order valence-corrected chi connectivity index (χ2v) is 5.51. The standard InChI is InChI=1S/C16H14BrN/c1-11-15-10-14(17)8-7-13(15)9-16(18-11)12-5-3-2-4-6-12/h2-8,10,16,18H,1,9H2. The largest absolute Gasteiger partial charge is 0.378 e. The molecule has 0 amide bonds. The van der Waals surface area contributed by atoms with Crippen LogP contribution in [0, 0.1) is 0 Å². The van der Waals surface area contributed by atoms with Crippen LogP contribution in [0.3, 0.4) is 0 Å². The number of halogens is 1. The van der Waals surface area contributed by atoms with E-state index in [0.717, 1.165) is 16.6 Å².